The van der Waals surface area contributed by atoms with E-state index in [-0.39, 0.29) is 6.61 Å². The number of oxime groups is 1. The fraction of sp³-hybridized carbons (Fsp3) is 0.211. The van der Waals surface area contributed by atoms with Gasteiger partial charge in [0.2, 0.25) is 0 Å². The minimum Gasteiger partial charge on any atom is -0.486 e. The second kappa shape index (κ2) is 8.83. The van der Waals surface area contributed by atoms with Crippen LogP contribution in [0, 0.1) is 0 Å². The minimum absolute atomic E-state index is 0.0819. The van der Waals surface area contributed by atoms with Crippen LogP contribution in [0.5, 0.6) is 5.75 Å². The lowest BCUT2D eigenvalue weighted by molar-refractivity contribution is -0.137. The van der Waals surface area contributed by atoms with Crippen molar-refractivity contribution < 1.29 is 22.7 Å². The zero-order valence-corrected chi connectivity index (χ0v) is 15.6. The van der Waals surface area contributed by atoms with Crippen LogP contribution in [0.15, 0.2) is 59.2 Å². The Bertz CT molecular complexity index is 909. The van der Waals surface area contributed by atoms with Gasteiger partial charge >= 0.3 is 6.18 Å². The molecule has 1 aromatic heterocycles. The standard InChI is InChI=1S/C19H16F3N3O2S/c1-13(25-27-10-14-2-6-16(7-3-14)19(20,21)22)15-4-8-17(9-5-15)26-11-18-24-23-12-28-18/h2-9,12H,10-11H2,1H3/b25-13+. The Labute approximate surface area is 163 Å². The highest BCUT2D eigenvalue weighted by Crippen LogP contribution is 2.29. The summed E-state index contributed by atoms with van der Waals surface area (Å²) in [4.78, 5) is 5.25. The molecule has 0 aliphatic rings. The summed E-state index contributed by atoms with van der Waals surface area (Å²) < 4.78 is 43.3. The molecular formula is C19H16F3N3O2S. The Morgan fingerprint density at radius 3 is 2.36 bits per heavy atom. The Balaban J connectivity index is 1.51. The van der Waals surface area contributed by atoms with Crippen molar-refractivity contribution in [1.82, 2.24) is 10.2 Å². The number of nitrogens with zero attached hydrogens (tertiary/aromatic N) is 3. The highest BCUT2D eigenvalue weighted by Gasteiger charge is 2.29. The van der Waals surface area contributed by atoms with E-state index in [2.05, 4.69) is 15.4 Å². The summed E-state index contributed by atoms with van der Waals surface area (Å²) >= 11 is 1.42. The lowest BCUT2D eigenvalue weighted by Gasteiger charge is -2.08. The number of rotatable bonds is 7. The average molecular weight is 407 g/mol. The summed E-state index contributed by atoms with van der Waals surface area (Å²) in [5.74, 6) is 0.692. The van der Waals surface area contributed by atoms with Crippen molar-refractivity contribution in [1.29, 1.82) is 0 Å². The Morgan fingerprint density at radius 2 is 1.75 bits per heavy atom. The Kier molecular flexibility index (Phi) is 6.25. The van der Waals surface area contributed by atoms with Gasteiger partial charge in [-0.3, -0.25) is 0 Å². The number of halogens is 3. The highest BCUT2D eigenvalue weighted by molar-refractivity contribution is 7.09. The van der Waals surface area contributed by atoms with Crippen molar-refractivity contribution in [2.24, 2.45) is 5.16 Å². The molecule has 5 nitrogen and oxygen atoms in total. The normalized spacial score (nSPS) is 12.1. The first-order valence-electron chi connectivity index (χ1n) is 8.23. The molecule has 0 saturated heterocycles. The van der Waals surface area contributed by atoms with Gasteiger partial charge in [-0.15, -0.1) is 21.5 Å². The number of benzene rings is 2. The molecule has 0 fully saturated rings. The lowest BCUT2D eigenvalue weighted by Crippen LogP contribution is -2.04. The molecule has 0 aliphatic carbocycles. The Morgan fingerprint density at radius 1 is 1.04 bits per heavy atom. The van der Waals surface area contributed by atoms with Gasteiger partial charge in [0.25, 0.3) is 0 Å². The first kappa shape index (κ1) is 19.8. The molecule has 0 spiro atoms. The van der Waals surface area contributed by atoms with Crippen LogP contribution in [-0.2, 0) is 24.2 Å². The van der Waals surface area contributed by atoms with E-state index in [4.69, 9.17) is 9.57 Å². The monoisotopic (exact) mass is 407 g/mol. The second-order valence-corrected chi connectivity index (χ2v) is 6.71. The molecule has 0 radical (unpaired) electrons. The smallest absolute Gasteiger partial charge is 0.416 e. The summed E-state index contributed by atoms with van der Waals surface area (Å²) in [6.45, 7) is 2.22. The van der Waals surface area contributed by atoms with Gasteiger partial charge < -0.3 is 9.57 Å². The average Bonchev–Trinajstić information content (AvgIpc) is 3.20. The van der Waals surface area contributed by atoms with Crippen molar-refractivity contribution in [3.8, 4) is 5.75 Å². The topological polar surface area (TPSA) is 56.6 Å². The fourth-order valence-corrected chi connectivity index (χ4v) is 2.68. The molecule has 1 heterocycles. The second-order valence-electron chi connectivity index (χ2n) is 5.79. The van der Waals surface area contributed by atoms with E-state index in [9.17, 15) is 13.2 Å². The molecule has 146 valence electrons. The van der Waals surface area contributed by atoms with Crippen LogP contribution in [-0.4, -0.2) is 15.9 Å². The van der Waals surface area contributed by atoms with E-state index in [0.29, 0.717) is 23.6 Å². The van der Waals surface area contributed by atoms with Gasteiger partial charge in [0.15, 0.2) is 5.01 Å². The van der Waals surface area contributed by atoms with Crippen LogP contribution in [0.3, 0.4) is 0 Å². The summed E-state index contributed by atoms with van der Waals surface area (Å²) in [7, 11) is 0. The van der Waals surface area contributed by atoms with E-state index in [1.165, 1.54) is 23.5 Å². The van der Waals surface area contributed by atoms with Gasteiger partial charge in [-0.05, 0) is 54.4 Å². The minimum atomic E-state index is -4.35. The molecule has 2 aromatic carbocycles. The predicted molar refractivity (Wildman–Crippen MR) is 99.1 cm³/mol. The summed E-state index contributed by atoms with van der Waals surface area (Å²) in [5.41, 5.74) is 3.04. The maximum atomic E-state index is 12.5. The molecule has 3 aromatic rings. The van der Waals surface area contributed by atoms with E-state index in [1.54, 1.807) is 12.4 Å². The van der Waals surface area contributed by atoms with Crippen molar-refractivity contribution in [2.45, 2.75) is 26.3 Å². The van der Waals surface area contributed by atoms with Crippen molar-refractivity contribution >= 4 is 17.0 Å². The van der Waals surface area contributed by atoms with Crippen molar-refractivity contribution in [2.75, 3.05) is 0 Å². The molecular weight excluding hydrogens is 391 g/mol. The van der Waals surface area contributed by atoms with Crippen LogP contribution in [0.25, 0.3) is 0 Å². The third-order valence-corrected chi connectivity index (χ3v) is 4.42. The zero-order chi connectivity index (χ0) is 20.0. The molecule has 0 bridgehead atoms. The first-order valence-corrected chi connectivity index (χ1v) is 9.11. The number of alkyl halides is 3. The van der Waals surface area contributed by atoms with Gasteiger partial charge in [0.1, 0.15) is 24.5 Å². The molecule has 3 rings (SSSR count). The van der Waals surface area contributed by atoms with Gasteiger partial charge in [-0.2, -0.15) is 13.2 Å². The third-order valence-electron chi connectivity index (χ3n) is 3.75. The number of hydrogen-bond donors (Lipinski definition) is 0. The number of hydrogen-bond acceptors (Lipinski definition) is 6. The van der Waals surface area contributed by atoms with Gasteiger partial charge in [0.05, 0.1) is 11.3 Å². The van der Waals surface area contributed by atoms with E-state index in [0.717, 1.165) is 22.7 Å². The van der Waals surface area contributed by atoms with Crippen LogP contribution in [0.1, 0.15) is 28.6 Å². The van der Waals surface area contributed by atoms with E-state index < -0.39 is 11.7 Å². The SMILES string of the molecule is C/C(=N\OCc1ccc(C(F)(F)F)cc1)c1ccc(OCc2nncs2)cc1. The van der Waals surface area contributed by atoms with Crippen LogP contribution in [0.2, 0.25) is 0 Å². The largest absolute Gasteiger partial charge is 0.486 e. The molecule has 0 unspecified atom stereocenters. The molecule has 0 N–H and O–H groups in total. The summed E-state index contributed by atoms with van der Waals surface area (Å²) in [6, 6.07) is 12.1. The third kappa shape index (κ3) is 5.53. The lowest BCUT2D eigenvalue weighted by atomic mass is 10.1. The van der Waals surface area contributed by atoms with E-state index in [1.807, 2.05) is 24.3 Å². The zero-order valence-electron chi connectivity index (χ0n) is 14.8. The molecule has 0 saturated carbocycles. The molecule has 0 atom stereocenters. The molecule has 0 amide bonds. The quantitative estimate of drug-likeness (QED) is 0.405. The van der Waals surface area contributed by atoms with Crippen molar-refractivity contribution in [3.63, 3.8) is 0 Å². The van der Waals surface area contributed by atoms with Crippen molar-refractivity contribution in [3.05, 3.63) is 75.7 Å². The summed E-state index contributed by atoms with van der Waals surface area (Å²) in [6.07, 6.45) is -4.35. The maximum absolute atomic E-state index is 12.5. The molecule has 9 heteroatoms. The molecule has 28 heavy (non-hydrogen) atoms. The predicted octanol–water partition coefficient (Wildman–Crippen LogP) is 5.08. The van der Waals surface area contributed by atoms with Crippen LogP contribution >= 0.6 is 11.3 Å². The summed E-state index contributed by atoms with van der Waals surface area (Å²) in [5, 5.41) is 12.5. The van der Waals surface area contributed by atoms with Crippen LogP contribution in [0.4, 0.5) is 13.2 Å². The van der Waals surface area contributed by atoms with Gasteiger partial charge in [-0.1, -0.05) is 17.3 Å². The number of aromatic nitrogens is 2. The van der Waals surface area contributed by atoms with Gasteiger partial charge in [0, 0.05) is 0 Å². The first-order chi connectivity index (χ1) is 13.4. The fourth-order valence-electron chi connectivity index (χ4n) is 2.24. The van der Waals surface area contributed by atoms with Crippen LogP contribution < -0.4 is 4.74 Å². The van der Waals surface area contributed by atoms with E-state index >= 15 is 0 Å². The molecule has 0 aliphatic heterocycles. The maximum Gasteiger partial charge on any atom is 0.416 e. The Hall–Kier alpha value is -2.94. The number of ether oxygens (including phenoxy) is 1. The highest BCUT2D eigenvalue weighted by atomic mass is 32.1. The van der Waals surface area contributed by atoms with Gasteiger partial charge in [-0.25, -0.2) is 0 Å².